The minimum Gasteiger partial charge on any atom is -0.481 e. The first kappa shape index (κ1) is 21.2. The molecule has 0 spiro atoms. The molecule has 0 saturated heterocycles. The van der Waals surface area contributed by atoms with Gasteiger partial charge in [0.05, 0.1) is 5.52 Å². The maximum Gasteiger partial charge on any atom is 0.303 e. The number of ether oxygens (including phenoxy) is 3. The average molecular weight is 467 g/mol. The molecule has 5 rings (SSSR count). The number of benzene rings is 3. The first-order valence-corrected chi connectivity index (χ1v) is 11.7. The van der Waals surface area contributed by atoms with Crippen LogP contribution in [0.15, 0.2) is 77.8 Å². The lowest BCUT2D eigenvalue weighted by Crippen LogP contribution is -2.10. The number of hydrogen-bond acceptors (Lipinski definition) is 6. The van der Waals surface area contributed by atoms with E-state index in [1.165, 1.54) is 3.97 Å². The minimum atomic E-state index is -3.60. The van der Waals surface area contributed by atoms with Crippen LogP contribution in [0, 0.1) is 0 Å². The van der Waals surface area contributed by atoms with Crippen molar-refractivity contribution in [2.75, 3.05) is 6.79 Å². The molecule has 8 nitrogen and oxygen atoms in total. The van der Waals surface area contributed by atoms with Crippen molar-refractivity contribution in [2.24, 2.45) is 0 Å². The van der Waals surface area contributed by atoms with Gasteiger partial charge in [0, 0.05) is 24.1 Å². The number of aliphatic carboxylic acids is 1. The van der Waals surface area contributed by atoms with Gasteiger partial charge in [0.25, 0.3) is 0 Å². The maximum atomic E-state index is 11.5. The number of fused-ring (bicyclic) bond motifs is 2. The number of rotatable bonds is 7. The molecular weight excluding hydrogens is 446 g/mol. The van der Waals surface area contributed by atoms with E-state index in [1.54, 1.807) is 54.7 Å². The zero-order chi connectivity index (χ0) is 23.0. The second kappa shape index (κ2) is 8.36. The van der Waals surface area contributed by atoms with E-state index in [-0.39, 0.29) is 24.5 Å². The summed E-state index contributed by atoms with van der Waals surface area (Å²) in [7, 11) is -3.60. The van der Waals surface area contributed by atoms with Crippen molar-refractivity contribution in [3.8, 4) is 23.0 Å². The highest BCUT2D eigenvalue weighted by atomic mass is 32.3. The first-order chi connectivity index (χ1) is 15.9. The zero-order valence-corrected chi connectivity index (χ0v) is 18.2. The van der Waals surface area contributed by atoms with Gasteiger partial charge in [0.1, 0.15) is 10.6 Å². The Kier molecular flexibility index (Phi) is 5.37. The number of aryl methyl sites for hydroxylation is 1. The third kappa shape index (κ3) is 3.97. The number of carboxylic acid groups (broad SMARTS) is 1. The van der Waals surface area contributed by atoms with E-state index in [9.17, 15) is 13.9 Å². The summed E-state index contributed by atoms with van der Waals surface area (Å²) in [4.78, 5) is 11.4. The SMILES string of the molecule is O=C(O)CCc1cn(S(O)(O)c2ccccc2Oc2ccccc2)c2cc3c(cc12)OCO3. The predicted molar refractivity (Wildman–Crippen MR) is 123 cm³/mol. The average Bonchev–Trinajstić information content (AvgIpc) is 3.41. The highest BCUT2D eigenvalue weighted by Gasteiger charge is 2.28. The summed E-state index contributed by atoms with van der Waals surface area (Å²) in [6.45, 7) is 0.0659. The lowest BCUT2D eigenvalue weighted by molar-refractivity contribution is -0.136. The molecule has 3 aromatic carbocycles. The molecule has 4 aromatic rings. The highest BCUT2D eigenvalue weighted by molar-refractivity contribution is 8.23. The van der Waals surface area contributed by atoms with Crippen LogP contribution in [0.3, 0.4) is 0 Å². The number of carbonyl (C=O) groups is 1. The standard InChI is InChI=1S/C24H21NO7S/c26-24(27)11-10-16-14-25(19-13-22-21(12-18(16)19)30-15-31-22)33(28,29)23-9-5-4-8-20(23)32-17-6-2-1-3-7-17/h1-9,12-14,28-29H,10-11,15H2,(H,26,27). The molecular formula is C24H21NO7S. The quantitative estimate of drug-likeness (QED) is 0.317. The number of carboxylic acids is 1. The van der Waals surface area contributed by atoms with Gasteiger partial charge < -0.3 is 19.3 Å². The highest BCUT2D eigenvalue weighted by Crippen LogP contribution is 2.56. The van der Waals surface area contributed by atoms with E-state index in [2.05, 4.69) is 0 Å². The molecule has 0 atom stereocenters. The van der Waals surface area contributed by atoms with Crippen LogP contribution in [-0.4, -0.2) is 30.9 Å². The Bertz CT molecular complexity index is 1330. The van der Waals surface area contributed by atoms with E-state index in [1.807, 2.05) is 18.2 Å². The van der Waals surface area contributed by atoms with Gasteiger partial charge in [-0.2, -0.15) is 0 Å². The summed E-state index contributed by atoms with van der Waals surface area (Å²) < 4.78 is 41.2. The number of aromatic nitrogens is 1. The Morgan fingerprint density at radius 1 is 1.00 bits per heavy atom. The monoisotopic (exact) mass is 467 g/mol. The number of para-hydroxylation sites is 2. The van der Waals surface area contributed by atoms with Crippen LogP contribution < -0.4 is 14.2 Å². The van der Waals surface area contributed by atoms with Crippen molar-refractivity contribution in [1.82, 2.24) is 3.97 Å². The third-order valence-electron chi connectivity index (χ3n) is 5.35. The fourth-order valence-electron chi connectivity index (χ4n) is 3.79. The van der Waals surface area contributed by atoms with Crippen LogP contribution in [0.4, 0.5) is 0 Å². The van der Waals surface area contributed by atoms with E-state index >= 15 is 0 Å². The van der Waals surface area contributed by atoms with Crippen molar-refractivity contribution < 1.29 is 33.2 Å². The molecule has 9 heteroatoms. The zero-order valence-electron chi connectivity index (χ0n) is 17.4. The third-order valence-corrected chi connectivity index (χ3v) is 7.12. The van der Waals surface area contributed by atoms with E-state index in [0.29, 0.717) is 39.5 Å². The minimum absolute atomic E-state index is 0.0659. The molecule has 1 aliphatic heterocycles. The van der Waals surface area contributed by atoms with E-state index in [0.717, 1.165) is 0 Å². The maximum absolute atomic E-state index is 11.5. The van der Waals surface area contributed by atoms with Crippen molar-refractivity contribution in [2.45, 2.75) is 17.7 Å². The molecule has 0 aliphatic carbocycles. The topological polar surface area (TPSA) is 110 Å². The summed E-state index contributed by atoms with van der Waals surface area (Å²) >= 11 is 0. The van der Waals surface area contributed by atoms with Crippen LogP contribution in [0.5, 0.6) is 23.0 Å². The Morgan fingerprint density at radius 3 is 2.45 bits per heavy atom. The Morgan fingerprint density at radius 2 is 1.70 bits per heavy atom. The fraction of sp³-hybridized carbons (Fsp3) is 0.125. The molecule has 1 aliphatic rings. The van der Waals surface area contributed by atoms with E-state index < -0.39 is 16.7 Å². The van der Waals surface area contributed by atoms with Crippen LogP contribution in [0.1, 0.15) is 12.0 Å². The smallest absolute Gasteiger partial charge is 0.303 e. The van der Waals surface area contributed by atoms with Crippen molar-refractivity contribution in [1.29, 1.82) is 0 Å². The normalized spacial score (nSPS) is 13.3. The second-order valence-electron chi connectivity index (χ2n) is 7.48. The van der Waals surface area contributed by atoms with Gasteiger partial charge in [0.15, 0.2) is 17.2 Å². The lowest BCUT2D eigenvalue weighted by Gasteiger charge is -2.35. The fourth-order valence-corrected chi connectivity index (χ4v) is 5.34. The molecule has 0 radical (unpaired) electrons. The van der Waals surface area contributed by atoms with Gasteiger partial charge in [0.2, 0.25) is 6.79 Å². The van der Waals surface area contributed by atoms with Crippen molar-refractivity contribution in [3.63, 3.8) is 0 Å². The van der Waals surface area contributed by atoms with Gasteiger partial charge >= 0.3 is 5.97 Å². The van der Waals surface area contributed by atoms with Crippen molar-refractivity contribution >= 4 is 27.6 Å². The van der Waals surface area contributed by atoms with E-state index in [4.69, 9.17) is 19.3 Å². The van der Waals surface area contributed by atoms with Gasteiger partial charge in [-0.3, -0.25) is 13.9 Å². The molecule has 0 bridgehead atoms. The van der Waals surface area contributed by atoms with Gasteiger partial charge in [-0.1, -0.05) is 41.1 Å². The Hall–Kier alpha value is -3.66. The summed E-state index contributed by atoms with van der Waals surface area (Å²) in [6.07, 6.45) is 1.70. The number of hydrogen-bond donors (Lipinski definition) is 3. The molecule has 3 N–H and O–H groups in total. The molecule has 170 valence electrons. The Labute approximate surface area is 191 Å². The van der Waals surface area contributed by atoms with Crippen LogP contribution in [-0.2, 0) is 11.2 Å². The molecule has 0 amide bonds. The summed E-state index contributed by atoms with van der Waals surface area (Å²) in [5.41, 5.74) is 1.15. The summed E-state index contributed by atoms with van der Waals surface area (Å²) in [5, 5.41) is 9.83. The Balaban J connectivity index is 1.63. The molecule has 2 heterocycles. The van der Waals surface area contributed by atoms with Crippen molar-refractivity contribution in [3.05, 3.63) is 78.5 Å². The first-order valence-electron chi connectivity index (χ1n) is 10.2. The van der Waals surface area contributed by atoms with Gasteiger partial charge in [-0.25, -0.2) is 3.97 Å². The predicted octanol–water partition coefficient (Wildman–Crippen LogP) is 5.75. The van der Waals surface area contributed by atoms with Gasteiger partial charge in [-0.15, -0.1) is 0 Å². The number of nitrogens with zero attached hydrogens (tertiary/aromatic N) is 1. The molecule has 0 fully saturated rings. The van der Waals surface area contributed by atoms with Crippen LogP contribution in [0.2, 0.25) is 0 Å². The molecule has 0 saturated carbocycles. The van der Waals surface area contributed by atoms with Crippen LogP contribution >= 0.6 is 10.8 Å². The molecule has 1 aromatic heterocycles. The lowest BCUT2D eigenvalue weighted by atomic mass is 10.1. The summed E-state index contributed by atoms with van der Waals surface area (Å²) in [6, 6.07) is 19.2. The van der Waals surface area contributed by atoms with Crippen LogP contribution in [0.25, 0.3) is 10.9 Å². The largest absolute Gasteiger partial charge is 0.481 e. The molecule has 33 heavy (non-hydrogen) atoms. The summed E-state index contributed by atoms with van der Waals surface area (Å²) in [5.74, 6) is 0.933. The second-order valence-corrected chi connectivity index (χ2v) is 9.35. The van der Waals surface area contributed by atoms with Gasteiger partial charge in [-0.05, 0) is 42.3 Å². The molecule has 0 unspecified atom stereocenters.